The number of likely N-dealkylation sites (tertiary alicyclic amines) is 1. The maximum absolute atomic E-state index is 12.9. The van der Waals surface area contributed by atoms with Gasteiger partial charge in [-0.25, -0.2) is 10.3 Å². The number of esters is 1. The summed E-state index contributed by atoms with van der Waals surface area (Å²) < 4.78 is 9.88. The minimum absolute atomic E-state index is 0.318. The lowest BCUT2D eigenvalue weighted by atomic mass is 9.93. The monoisotopic (exact) mass is 330 g/mol. The molecule has 1 aliphatic rings. The van der Waals surface area contributed by atoms with Crippen LogP contribution in [0.3, 0.4) is 0 Å². The molecule has 8 heteroatoms. The zero-order valence-electron chi connectivity index (χ0n) is 13.9. The molecule has 0 bridgehead atoms. The summed E-state index contributed by atoms with van der Waals surface area (Å²) in [6, 6.07) is -0.619. The number of carbonyl (C=O) groups is 3. The van der Waals surface area contributed by atoms with Crippen molar-refractivity contribution >= 4 is 17.8 Å². The van der Waals surface area contributed by atoms with Crippen LogP contribution in [0.25, 0.3) is 0 Å². The lowest BCUT2D eigenvalue weighted by Gasteiger charge is -2.30. The van der Waals surface area contributed by atoms with Gasteiger partial charge in [0, 0.05) is 13.7 Å². The molecule has 2 N–H and O–H groups in total. The van der Waals surface area contributed by atoms with Gasteiger partial charge in [0.25, 0.3) is 5.91 Å². The number of nitrogens with zero attached hydrogens (tertiary/aromatic N) is 1. The molecule has 8 nitrogen and oxygen atoms in total. The van der Waals surface area contributed by atoms with Gasteiger partial charge in [0.05, 0.1) is 13.0 Å². The van der Waals surface area contributed by atoms with Crippen LogP contribution in [0, 0.1) is 5.92 Å². The average Bonchev–Trinajstić information content (AvgIpc) is 3.06. The fraction of sp³-hybridized carbons (Fsp3) is 0.800. The largest absolute Gasteiger partial charge is 0.467 e. The third-order valence-corrected chi connectivity index (χ3v) is 4.18. The summed E-state index contributed by atoms with van der Waals surface area (Å²) in [6.07, 6.45) is 2.16. The molecule has 0 aromatic rings. The van der Waals surface area contributed by atoms with E-state index in [2.05, 4.69) is 0 Å². The Kier molecular flexibility index (Phi) is 7.97. The van der Waals surface area contributed by atoms with E-state index in [9.17, 15) is 14.4 Å². The van der Waals surface area contributed by atoms with Crippen molar-refractivity contribution in [1.29, 1.82) is 0 Å². The fourth-order valence-electron chi connectivity index (χ4n) is 2.97. The Morgan fingerprint density at radius 2 is 2.04 bits per heavy atom. The van der Waals surface area contributed by atoms with Crippen molar-refractivity contribution < 1.29 is 29.1 Å². The molecule has 1 rings (SSSR count). The van der Waals surface area contributed by atoms with E-state index in [-0.39, 0.29) is 5.91 Å². The molecule has 0 saturated carbocycles. The van der Waals surface area contributed by atoms with Gasteiger partial charge in [0.15, 0.2) is 0 Å². The number of hydrogen-bond donors (Lipinski definition) is 2. The fourth-order valence-corrected chi connectivity index (χ4v) is 2.97. The normalized spacial score (nSPS) is 20.0. The lowest BCUT2D eigenvalue weighted by molar-refractivity contribution is -0.158. The summed E-state index contributed by atoms with van der Waals surface area (Å²) in [4.78, 5) is 38.0. The number of amides is 2. The zero-order valence-corrected chi connectivity index (χ0v) is 13.9. The highest BCUT2D eigenvalue weighted by Crippen LogP contribution is 2.25. The molecule has 0 aromatic heterocycles. The van der Waals surface area contributed by atoms with Crippen molar-refractivity contribution in [2.24, 2.45) is 5.92 Å². The van der Waals surface area contributed by atoms with E-state index in [1.54, 1.807) is 0 Å². The van der Waals surface area contributed by atoms with Gasteiger partial charge in [-0.05, 0) is 19.3 Å². The molecule has 1 heterocycles. The molecule has 0 aromatic carbocycles. The van der Waals surface area contributed by atoms with Crippen LogP contribution in [0.4, 0.5) is 0 Å². The first-order valence-electron chi connectivity index (χ1n) is 7.86. The summed E-state index contributed by atoms with van der Waals surface area (Å²) in [5.41, 5.74) is 1.54. The molecule has 23 heavy (non-hydrogen) atoms. The van der Waals surface area contributed by atoms with Gasteiger partial charge in [-0.15, -0.1) is 0 Å². The number of unbranched alkanes of at least 4 members (excludes halogenated alkanes) is 1. The number of rotatable bonds is 8. The highest BCUT2D eigenvalue weighted by atomic mass is 16.5. The maximum atomic E-state index is 12.9. The van der Waals surface area contributed by atoms with Crippen LogP contribution >= 0.6 is 0 Å². The summed E-state index contributed by atoms with van der Waals surface area (Å²) in [6.45, 7) is 2.42. The number of hydrogen-bond acceptors (Lipinski definition) is 6. The summed E-state index contributed by atoms with van der Waals surface area (Å²) in [5.74, 6) is -2.29. The minimum Gasteiger partial charge on any atom is -0.467 e. The average molecular weight is 330 g/mol. The van der Waals surface area contributed by atoms with Crippen LogP contribution < -0.4 is 5.48 Å². The van der Waals surface area contributed by atoms with E-state index in [4.69, 9.17) is 14.7 Å². The molecule has 3 atom stereocenters. The summed E-state index contributed by atoms with van der Waals surface area (Å²) in [7, 11) is 2.60. The first-order chi connectivity index (χ1) is 11.0. The van der Waals surface area contributed by atoms with Gasteiger partial charge in [0.2, 0.25) is 5.91 Å². The number of methoxy groups -OCH3 is 2. The second kappa shape index (κ2) is 9.46. The quantitative estimate of drug-likeness (QED) is 0.381. The lowest BCUT2D eigenvalue weighted by Crippen LogP contribution is -2.50. The van der Waals surface area contributed by atoms with E-state index >= 15 is 0 Å². The molecule has 0 unspecified atom stereocenters. The molecule has 1 aliphatic heterocycles. The molecule has 132 valence electrons. The van der Waals surface area contributed by atoms with Crippen molar-refractivity contribution in [2.45, 2.75) is 51.2 Å². The van der Waals surface area contributed by atoms with E-state index in [0.717, 1.165) is 12.8 Å². The van der Waals surface area contributed by atoms with E-state index in [0.29, 0.717) is 25.8 Å². The Hall–Kier alpha value is -1.67. The Labute approximate surface area is 136 Å². The topological polar surface area (TPSA) is 105 Å². The SMILES string of the molecule is CCCC[C@@H](C(=O)N1CCC[C@H]1C(=O)OC)[C@@H](OC)C(=O)NO. The van der Waals surface area contributed by atoms with Crippen LogP contribution in [0.1, 0.15) is 39.0 Å². The highest BCUT2D eigenvalue weighted by Gasteiger charge is 2.42. The Morgan fingerprint density at radius 3 is 2.57 bits per heavy atom. The predicted octanol–water partition coefficient (Wildman–Crippen LogP) is 0.477. The molecule has 1 saturated heterocycles. The second-order valence-electron chi connectivity index (χ2n) is 5.59. The molecule has 0 aliphatic carbocycles. The standard InChI is InChI=1S/C15H26N2O6/c1-4-5-7-10(12(22-2)13(18)16-21)14(19)17-9-6-8-11(17)15(20)23-3/h10-12,21H,4-9H2,1-3H3,(H,16,18)/t10-,11+,12-/m1/s1. The van der Waals surface area contributed by atoms with Gasteiger partial charge < -0.3 is 14.4 Å². The van der Waals surface area contributed by atoms with Gasteiger partial charge in [-0.2, -0.15) is 0 Å². The molecule has 0 spiro atoms. The van der Waals surface area contributed by atoms with Crippen molar-refractivity contribution in [1.82, 2.24) is 10.4 Å². The van der Waals surface area contributed by atoms with E-state index in [1.807, 2.05) is 6.92 Å². The van der Waals surface area contributed by atoms with E-state index in [1.165, 1.54) is 24.6 Å². The first kappa shape index (κ1) is 19.4. The molecule has 0 radical (unpaired) electrons. The van der Waals surface area contributed by atoms with Crippen LogP contribution in [-0.2, 0) is 23.9 Å². The van der Waals surface area contributed by atoms with Crippen LogP contribution in [0.15, 0.2) is 0 Å². The predicted molar refractivity (Wildman–Crippen MR) is 80.5 cm³/mol. The molecular weight excluding hydrogens is 304 g/mol. The maximum Gasteiger partial charge on any atom is 0.328 e. The van der Waals surface area contributed by atoms with Crippen molar-refractivity contribution in [3.63, 3.8) is 0 Å². The van der Waals surface area contributed by atoms with Crippen molar-refractivity contribution in [2.75, 3.05) is 20.8 Å². The van der Waals surface area contributed by atoms with Crippen molar-refractivity contribution in [3.8, 4) is 0 Å². The van der Waals surface area contributed by atoms with Gasteiger partial charge in [-0.1, -0.05) is 19.8 Å². The first-order valence-corrected chi connectivity index (χ1v) is 7.86. The van der Waals surface area contributed by atoms with Crippen LogP contribution in [-0.4, -0.2) is 60.8 Å². The van der Waals surface area contributed by atoms with Crippen LogP contribution in [0.2, 0.25) is 0 Å². The summed E-state index contributed by atoms with van der Waals surface area (Å²) >= 11 is 0. The molecular formula is C15H26N2O6. The third kappa shape index (κ3) is 4.65. The zero-order chi connectivity index (χ0) is 17.4. The molecule has 2 amide bonds. The Morgan fingerprint density at radius 1 is 1.35 bits per heavy atom. The van der Waals surface area contributed by atoms with E-state index < -0.39 is 29.9 Å². The number of hydroxylamine groups is 1. The smallest absolute Gasteiger partial charge is 0.328 e. The Bertz CT molecular complexity index is 428. The van der Waals surface area contributed by atoms with Gasteiger partial charge >= 0.3 is 5.97 Å². The van der Waals surface area contributed by atoms with Crippen LogP contribution in [0.5, 0.6) is 0 Å². The van der Waals surface area contributed by atoms with Gasteiger partial charge in [-0.3, -0.25) is 14.8 Å². The number of ether oxygens (including phenoxy) is 2. The summed E-state index contributed by atoms with van der Waals surface area (Å²) in [5, 5.41) is 8.86. The molecule has 1 fully saturated rings. The van der Waals surface area contributed by atoms with Crippen molar-refractivity contribution in [3.05, 3.63) is 0 Å². The third-order valence-electron chi connectivity index (χ3n) is 4.18. The minimum atomic E-state index is -1.10. The Balaban J connectivity index is 2.98. The number of carbonyl (C=O) groups excluding carboxylic acids is 3. The second-order valence-corrected chi connectivity index (χ2v) is 5.59. The van der Waals surface area contributed by atoms with Gasteiger partial charge in [0.1, 0.15) is 12.1 Å². The highest BCUT2D eigenvalue weighted by molar-refractivity contribution is 5.91. The number of nitrogens with one attached hydrogen (secondary N) is 1.